The van der Waals surface area contributed by atoms with Gasteiger partial charge in [0.2, 0.25) is 0 Å². The van der Waals surface area contributed by atoms with Crippen LogP contribution in [0.1, 0.15) is 33.6 Å². The first-order valence-electron chi connectivity index (χ1n) is 3.82. The van der Waals surface area contributed by atoms with Gasteiger partial charge in [0.05, 0.1) is 6.10 Å². The molecule has 0 aromatic heterocycles. The van der Waals surface area contributed by atoms with Gasteiger partial charge in [-0.3, -0.25) is 0 Å². The molecule has 58 valence electrons. The summed E-state index contributed by atoms with van der Waals surface area (Å²) >= 11 is 0. The molecule has 1 unspecified atom stereocenters. The molecule has 0 saturated carbocycles. The number of hydrogen-bond acceptors (Lipinski definition) is 1. The molecule has 0 heterocycles. The van der Waals surface area contributed by atoms with E-state index in [-0.39, 0.29) is 6.10 Å². The minimum absolute atomic E-state index is 0.251. The van der Waals surface area contributed by atoms with E-state index in [1.807, 2.05) is 20.8 Å². The summed E-state index contributed by atoms with van der Waals surface area (Å²) in [5.74, 6) is 6.17. The Morgan fingerprint density at radius 2 is 1.90 bits per heavy atom. The lowest BCUT2D eigenvalue weighted by Crippen LogP contribution is -2.12. The molecule has 0 rings (SSSR count). The Bertz CT molecular complexity index is 127. The van der Waals surface area contributed by atoms with Gasteiger partial charge in [-0.05, 0) is 5.92 Å². The first-order chi connectivity index (χ1) is 4.68. The van der Waals surface area contributed by atoms with Crippen LogP contribution in [0.15, 0.2) is 0 Å². The zero-order valence-electron chi connectivity index (χ0n) is 7.02. The SMILES string of the molecule is CCC#CCC(O)C(C)C. The summed E-state index contributed by atoms with van der Waals surface area (Å²) in [4.78, 5) is 0. The summed E-state index contributed by atoms with van der Waals surface area (Å²) in [5.41, 5.74) is 0. The van der Waals surface area contributed by atoms with E-state index >= 15 is 0 Å². The second-order valence-electron chi connectivity index (χ2n) is 2.72. The van der Waals surface area contributed by atoms with Crippen molar-refractivity contribution >= 4 is 0 Å². The topological polar surface area (TPSA) is 20.2 Å². The van der Waals surface area contributed by atoms with Crippen LogP contribution in [0.4, 0.5) is 0 Å². The van der Waals surface area contributed by atoms with Crippen LogP contribution in [0.2, 0.25) is 0 Å². The standard InChI is InChI=1S/C9H16O/c1-4-5-6-7-9(10)8(2)3/h8-10H,4,7H2,1-3H3. The maximum absolute atomic E-state index is 9.25. The van der Waals surface area contributed by atoms with E-state index in [4.69, 9.17) is 0 Å². The molecule has 1 heteroatoms. The van der Waals surface area contributed by atoms with Crippen molar-refractivity contribution in [2.75, 3.05) is 0 Å². The summed E-state index contributed by atoms with van der Waals surface area (Å²) < 4.78 is 0. The molecule has 0 aliphatic carbocycles. The van der Waals surface area contributed by atoms with E-state index < -0.39 is 0 Å². The summed E-state index contributed by atoms with van der Waals surface area (Å²) in [5, 5.41) is 9.25. The van der Waals surface area contributed by atoms with Gasteiger partial charge in [0, 0.05) is 12.8 Å². The van der Waals surface area contributed by atoms with Gasteiger partial charge in [0.15, 0.2) is 0 Å². The summed E-state index contributed by atoms with van der Waals surface area (Å²) in [7, 11) is 0. The molecular formula is C9H16O. The van der Waals surface area contributed by atoms with Crippen molar-refractivity contribution < 1.29 is 5.11 Å². The largest absolute Gasteiger partial charge is 0.392 e. The fourth-order valence-electron chi connectivity index (χ4n) is 0.537. The fourth-order valence-corrected chi connectivity index (χ4v) is 0.537. The molecular weight excluding hydrogens is 124 g/mol. The van der Waals surface area contributed by atoms with Crippen molar-refractivity contribution in [1.29, 1.82) is 0 Å². The van der Waals surface area contributed by atoms with E-state index in [0.29, 0.717) is 12.3 Å². The van der Waals surface area contributed by atoms with E-state index in [1.54, 1.807) is 0 Å². The van der Waals surface area contributed by atoms with Crippen molar-refractivity contribution in [2.45, 2.75) is 39.7 Å². The predicted molar refractivity (Wildman–Crippen MR) is 43.5 cm³/mol. The fraction of sp³-hybridized carbons (Fsp3) is 0.778. The van der Waals surface area contributed by atoms with Gasteiger partial charge in [-0.25, -0.2) is 0 Å². The minimum Gasteiger partial charge on any atom is -0.392 e. The Kier molecular flexibility index (Phi) is 5.06. The predicted octanol–water partition coefficient (Wildman–Crippen LogP) is 1.81. The van der Waals surface area contributed by atoms with Gasteiger partial charge in [-0.1, -0.05) is 20.8 Å². The van der Waals surface area contributed by atoms with Crippen molar-refractivity contribution in [2.24, 2.45) is 5.92 Å². The molecule has 0 fully saturated rings. The third-order valence-corrected chi connectivity index (χ3v) is 1.38. The van der Waals surface area contributed by atoms with Crippen LogP contribution in [0.25, 0.3) is 0 Å². The first-order valence-corrected chi connectivity index (χ1v) is 3.82. The Balaban J connectivity index is 3.48. The van der Waals surface area contributed by atoms with Gasteiger partial charge in [-0.2, -0.15) is 0 Å². The smallest absolute Gasteiger partial charge is 0.0672 e. The minimum atomic E-state index is -0.251. The van der Waals surface area contributed by atoms with Crippen LogP contribution in [0, 0.1) is 17.8 Å². The van der Waals surface area contributed by atoms with E-state index in [1.165, 1.54) is 0 Å². The number of hydrogen-bond donors (Lipinski definition) is 1. The van der Waals surface area contributed by atoms with Crippen LogP contribution in [-0.2, 0) is 0 Å². The Hall–Kier alpha value is -0.480. The molecule has 0 aromatic carbocycles. The average molecular weight is 140 g/mol. The molecule has 0 spiro atoms. The highest BCUT2D eigenvalue weighted by Crippen LogP contribution is 2.03. The van der Waals surface area contributed by atoms with Crippen LogP contribution < -0.4 is 0 Å². The Labute approximate surface area is 63.5 Å². The molecule has 10 heavy (non-hydrogen) atoms. The summed E-state index contributed by atoms with van der Waals surface area (Å²) in [6.45, 7) is 6.01. The van der Waals surface area contributed by atoms with E-state index in [2.05, 4.69) is 11.8 Å². The van der Waals surface area contributed by atoms with E-state index in [9.17, 15) is 5.11 Å². The second-order valence-corrected chi connectivity index (χ2v) is 2.72. The quantitative estimate of drug-likeness (QED) is 0.580. The molecule has 0 bridgehead atoms. The normalized spacial score (nSPS) is 12.5. The van der Waals surface area contributed by atoms with Crippen molar-refractivity contribution in [3.63, 3.8) is 0 Å². The first kappa shape index (κ1) is 9.52. The van der Waals surface area contributed by atoms with Crippen molar-refractivity contribution in [3.8, 4) is 11.8 Å². The van der Waals surface area contributed by atoms with Crippen LogP contribution in [0.3, 0.4) is 0 Å². The molecule has 1 atom stereocenters. The van der Waals surface area contributed by atoms with Crippen LogP contribution in [0.5, 0.6) is 0 Å². The van der Waals surface area contributed by atoms with Crippen LogP contribution >= 0.6 is 0 Å². The molecule has 0 amide bonds. The highest BCUT2D eigenvalue weighted by molar-refractivity contribution is 4.99. The summed E-state index contributed by atoms with van der Waals surface area (Å²) in [6.07, 6.45) is 1.25. The van der Waals surface area contributed by atoms with Crippen molar-refractivity contribution in [1.82, 2.24) is 0 Å². The highest BCUT2D eigenvalue weighted by Gasteiger charge is 2.05. The van der Waals surface area contributed by atoms with Crippen molar-refractivity contribution in [3.05, 3.63) is 0 Å². The lowest BCUT2D eigenvalue weighted by molar-refractivity contribution is 0.130. The van der Waals surface area contributed by atoms with E-state index in [0.717, 1.165) is 6.42 Å². The van der Waals surface area contributed by atoms with Gasteiger partial charge >= 0.3 is 0 Å². The molecule has 0 aliphatic rings. The number of rotatable bonds is 2. The van der Waals surface area contributed by atoms with Gasteiger partial charge in [-0.15, -0.1) is 11.8 Å². The molecule has 0 radical (unpaired) electrons. The van der Waals surface area contributed by atoms with Crippen LogP contribution in [-0.4, -0.2) is 11.2 Å². The van der Waals surface area contributed by atoms with Gasteiger partial charge < -0.3 is 5.11 Å². The molecule has 0 aromatic rings. The number of aliphatic hydroxyl groups excluding tert-OH is 1. The second kappa shape index (κ2) is 5.32. The Morgan fingerprint density at radius 1 is 1.30 bits per heavy atom. The van der Waals surface area contributed by atoms with Gasteiger partial charge in [0.1, 0.15) is 0 Å². The monoisotopic (exact) mass is 140 g/mol. The average Bonchev–Trinajstić information content (AvgIpc) is 1.88. The maximum atomic E-state index is 9.25. The maximum Gasteiger partial charge on any atom is 0.0672 e. The Morgan fingerprint density at radius 3 is 2.30 bits per heavy atom. The number of aliphatic hydroxyl groups is 1. The molecule has 1 N–H and O–H groups in total. The lowest BCUT2D eigenvalue weighted by atomic mass is 10.1. The molecule has 0 saturated heterocycles. The van der Waals surface area contributed by atoms with Gasteiger partial charge in [0.25, 0.3) is 0 Å². The zero-order valence-corrected chi connectivity index (χ0v) is 7.02. The third kappa shape index (κ3) is 4.40. The third-order valence-electron chi connectivity index (χ3n) is 1.38. The zero-order chi connectivity index (χ0) is 7.98. The molecule has 1 nitrogen and oxygen atoms in total. The molecule has 0 aliphatic heterocycles. The summed E-state index contributed by atoms with van der Waals surface area (Å²) in [6, 6.07) is 0. The lowest BCUT2D eigenvalue weighted by Gasteiger charge is -2.09. The highest BCUT2D eigenvalue weighted by atomic mass is 16.3.